The summed E-state index contributed by atoms with van der Waals surface area (Å²) in [6, 6.07) is 16.2. The minimum atomic E-state index is -4.39. The van der Waals surface area contributed by atoms with Crippen molar-refractivity contribution >= 4 is 102 Å². The Labute approximate surface area is 295 Å². The molecule has 1 atom stereocenters. The zero-order valence-corrected chi connectivity index (χ0v) is 29.4. The number of carbonyl (C=O) groups excluding carboxylic acids is 3. The van der Waals surface area contributed by atoms with E-state index in [0.29, 0.717) is 27.6 Å². The highest BCUT2D eigenvalue weighted by Gasteiger charge is 2.29. The number of anilines is 2. The first-order valence-electron chi connectivity index (χ1n) is 14.6. The zero-order valence-electron chi connectivity index (χ0n) is 25.4. The number of nitrogens with one attached hydrogen (secondary N) is 1. The molecule has 0 spiro atoms. The van der Waals surface area contributed by atoms with E-state index >= 15 is 0 Å². The van der Waals surface area contributed by atoms with Crippen LogP contribution in [0.1, 0.15) is 35.1 Å². The number of benzene rings is 3. The molecule has 0 bridgehead atoms. The van der Waals surface area contributed by atoms with Crippen LogP contribution in [-0.2, 0) is 26.4 Å². The average Bonchev–Trinajstić information content (AvgIpc) is 3.55. The van der Waals surface area contributed by atoms with Gasteiger partial charge in [0.1, 0.15) is 11.0 Å². The lowest BCUT2D eigenvalue weighted by Crippen LogP contribution is -2.48. The Bertz CT molecular complexity index is 2000. The number of carbonyl (C=O) groups is 3. The van der Waals surface area contributed by atoms with Gasteiger partial charge in [0.25, 0.3) is 5.01 Å². The number of thiazole rings is 1. The quantitative estimate of drug-likeness (QED) is 0.112. The molecule has 4 aromatic rings. The summed E-state index contributed by atoms with van der Waals surface area (Å²) >= 11 is 15.6. The van der Waals surface area contributed by atoms with Crippen LogP contribution >= 0.6 is 46.3 Å². The SMILES string of the molecule is CC(C(=O)[O-])N(CCC(=O)NC[n+]1c(/C=C2\Sc3ccc(Cl)cc3N2CCCS(=O)(=O)[O-])sc2ccc(Cl)cc21)c1ccc(C=O)cc1. The Kier molecular flexibility index (Phi) is 11.3. The molecule has 48 heavy (non-hydrogen) atoms. The number of fused-ring (bicyclic) bond motifs is 2. The van der Waals surface area contributed by atoms with Gasteiger partial charge in [-0.15, -0.1) is 0 Å². The molecule has 0 fully saturated rings. The maximum absolute atomic E-state index is 13.2. The molecule has 1 aromatic heterocycles. The average molecular weight is 749 g/mol. The minimum absolute atomic E-state index is 0.0326. The van der Waals surface area contributed by atoms with Crippen LogP contribution in [0, 0.1) is 0 Å². The van der Waals surface area contributed by atoms with Crippen LogP contribution in [-0.4, -0.2) is 56.0 Å². The molecule has 0 saturated heterocycles. The first-order chi connectivity index (χ1) is 22.8. The fourth-order valence-electron chi connectivity index (χ4n) is 5.16. The van der Waals surface area contributed by atoms with E-state index in [9.17, 15) is 32.5 Å². The van der Waals surface area contributed by atoms with Gasteiger partial charge in [0.2, 0.25) is 18.1 Å². The monoisotopic (exact) mass is 747 g/mol. The highest BCUT2D eigenvalue weighted by atomic mass is 35.5. The Morgan fingerprint density at radius 1 is 1.08 bits per heavy atom. The Balaban J connectivity index is 1.39. The summed E-state index contributed by atoms with van der Waals surface area (Å²) in [5.74, 6) is -2.14. The number of aldehydes is 1. The highest BCUT2D eigenvalue weighted by Crippen LogP contribution is 2.48. The van der Waals surface area contributed by atoms with Crippen molar-refractivity contribution in [1.29, 1.82) is 0 Å². The van der Waals surface area contributed by atoms with E-state index in [1.54, 1.807) is 48.5 Å². The Morgan fingerprint density at radius 2 is 1.79 bits per heavy atom. The molecule has 252 valence electrons. The van der Waals surface area contributed by atoms with Gasteiger partial charge in [-0.25, -0.2) is 8.42 Å². The van der Waals surface area contributed by atoms with Crippen molar-refractivity contribution in [1.82, 2.24) is 5.32 Å². The van der Waals surface area contributed by atoms with Gasteiger partial charge in [-0.1, -0.05) is 46.3 Å². The summed E-state index contributed by atoms with van der Waals surface area (Å²) < 4.78 is 36.7. The number of hydrogen-bond donors (Lipinski definition) is 1. The summed E-state index contributed by atoms with van der Waals surface area (Å²) in [4.78, 5) is 40.3. The fraction of sp³-hybridized carbons (Fsp3) is 0.250. The first-order valence-corrected chi connectivity index (χ1v) is 18.6. The molecule has 1 unspecified atom stereocenters. The maximum Gasteiger partial charge on any atom is 0.267 e. The predicted molar refractivity (Wildman–Crippen MR) is 185 cm³/mol. The van der Waals surface area contributed by atoms with Gasteiger partial charge in [0.05, 0.1) is 38.9 Å². The number of hydrogen-bond acceptors (Lipinski definition) is 11. The molecule has 0 saturated carbocycles. The molecule has 1 aliphatic rings. The van der Waals surface area contributed by atoms with E-state index in [-0.39, 0.29) is 38.5 Å². The lowest BCUT2D eigenvalue weighted by Gasteiger charge is -2.31. The number of amides is 1. The second-order valence-corrected chi connectivity index (χ2v) is 15.4. The first kappa shape index (κ1) is 35.6. The van der Waals surface area contributed by atoms with Gasteiger partial charge < -0.3 is 29.6 Å². The van der Waals surface area contributed by atoms with Gasteiger partial charge in [0.15, 0.2) is 0 Å². The Morgan fingerprint density at radius 3 is 2.48 bits per heavy atom. The topological polar surface area (TPSA) is 154 Å². The number of rotatable bonds is 14. The maximum atomic E-state index is 13.2. The van der Waals surface area contributed by atoms with E-state index in [1.165, 1.54) is 34.9 Å². The molecular weight excluding hydrogens is 719 g/mol. The van der Waals surface area contributed by atoms with Crippen LogP contribution < -0.4 is 24.8 Å². The van der Waals surface area contributed by atoms with Gasteiger partial charge >= 0.3 is 0 Å². The molecule has 0 radical (unpaired) electrons. The van der Waals surface area contributed by atoms with Crippen molar-refractivity contribution in [3.05, 3.63) is 86.3 Å². The smallest absolute Gasteiger partial charge is 0.267 e. The molecular formula is C32H29Cl2N4O7S3-. The number of aliphatic carboxylic acids is 1. The Hall–Kier alpha value is -3.66. The standard InChI is InChI=1S/C32H30Cl2N4O7S3/c1-20(32(41)42)36(24-7-3-21(18-39)4-8-24)13-11-29(40)35-19-38-26-16-23(34)6-10-28(26)47-31(38)17-30-37(12-2-14-48(43,44)45)25-15-22(33)5-9-27(25)46-30/h3-10,15-18,20H,2,11-14,19H2,1H3,(H2-,35,40,41,42,43,44,45)/p-1. The predicted octanol–water partition coefficient (Wildman–Crippen LogP) is 4.26. The second-order valence-electron chi connectivity index (χ2n) is 10.8. The summed E-state index contributed by atoms with van der Waals surface area (Å²) in [7, 11) is -4.39. The summed E-state index contributed by atoms with van der Waals surface area (Å²) in [6.45, 7) is 1.87. The van der Waals surface area contributed by atoms with E-state index in [2.05, 4.69) is 5.32 Å². The van der Waals surface area contributed by atoms with Gasteiger partial charge in [-0.2, -0.15) is 4.57 Å². The molecule has 16 heteroatoms. The van der Waals surface area contributed by atoms with E-state index < -0.39 is 27.9 Å². The van der Waals surface area contributed by atoms with Crippen LogP contribution in [0.4, 0.5) is 11.4 Å². The highest BCUT2D eigenvalue weighted by molar-refractivity contribution is 8.03. The molecule has 1 amide bonds. The van der Waals surface area contributed by atoms with Crippen LogP contribution in [0.15, 0.2) is 70.6 Å². The number of nitrogens with zero attached hydrogens (tertiary/aromatic N) is 3. The van der Waals surface area contributed by atoms with Gasteiger partial charge in [-0.05, 0) is 67.9 Å². The van der Waals surface area contributed by atoms with E-state index in [4.69, 9.17) is 23.2 Å². The zero-order chi connectivity index (χ0) is 34.6. The van der Waals surface area contributed by atoms with Crippen molar-refractivity contribution in [2.75, 3.05) is 28.6 Å². The molecule has 2 heterocycles. The van der Waals surface area contributed by atoms with Crippen LogP contribution in [0.5, 0.6) is 0 Å². The number of halogens is 2. The molecule has 1 aliphatic heterocycles. The molecule has 1 N–H and O–H groups in total. The van der Waals surface area contributed by atoms with Crippen molar-refractivity contribution < 1.29 is 37.0 Å². The van der Waals surface area contributed by atoms with Crippen molar-refractivity contribution in [2.45, 2.75) is 37.4 Å². The third-order valence-electron chi connectivity index (χ3n) is 7.59. The third kappa shape index (κ3) is 8.67. The summed E-state index contributed by atoms with van der Waals surface area (Å²) in [5.41, 5.74) is 2.53. The molecule has 5 rings (SSSR count). The summed E-state index contributed by atoms with van der Waals surface area (Å²) in [6.07, 6.45) is 2.70. The number of aromatic nitrogens is 1. The van der Waals surface area contributed by atoms with Gasteiger partial charge in [0, 0.05) is 57.5 Å². The number of carboxylic acids is 1. The van der Waals surface area contributed by atoms with Crippen molar-refractivity contribution in [3.8, 4) is 0 Å². The van der Waals surface area contributed by atoms with Gasteiger partial charge in [-0.3, -0.25) is 9.59 Å². The molecule has 0 aliphatic carbocycles. The van der Waals surface area contributed by atoms with Crippen LogP contribution in [0.3, 0.4) is 0 Å². The fourth-order valence-corrected chi connectivity index (χ4v) is 8.23. The summed E-state index contributed by atoms with van der Waals surface area (Å²) in [5, 5.41) is 17.2. The van der Waals surface area contributed by atoms with Crippen LogP contribution in [0.25, 0.3) is 16.3 Å². The second kappa shape index (κ2) is 15.3. The lowest BCUT2D eigenvalue weighted by atomic mass is 10.1. The normalized spacial score (nSPS) is 14.2. The molecule has 11 nitrogen and oxygen atoms in total. The minimum Gasteiger partial charge on any atom is -0.748 e. The van der Waals surface area contributed by atoms with Crippen molar-refractivity contribution in [2.24, 2.45) is 0 Å². The molecule has 3 aromatic carbocycles. The lowest BCUT2D eigenvalue weighted by molar-refractivity contribution is -0.672. The van der Waals surface area contributed by atoms with E-state index in [1.807, 2.05) is 27.7 Å². The largest absolute Gasteiger partial charge is 0.748 e. The van der Waals surface area contributed by atoms with E-state index in [0.717, 1.165) is 30.8 Å². The number of thioether (sulfide) groups is 1. The van der Waals surface area contributed by atoms with Crippen LogP contribution in [0.2, 0.25) is 10.0 Å². The third-order valence-corrected chi connectivity index (χ3v) is 11.1. The van der Waals surface area contributed by atoms with Crippen molar-refractivity contribution in [3.63, 3.8) is 0 Å². The number of carboxylic acid groups (broad SMARTS) is 1.